The van der Waals surface area contributed by atoms with Crippen LogP contribution in [0.2, 0.25) is 0 Å². The van der Waals surface area contributed by atoms with Gasteiger partial charge in [-0.25, -0.2) is 39.1 Å². The Morgan fingerprint density at radius 2 is 1.35 bits per heavy atom. The topological polar surface area (TPSA) is 180 Å². The Morgan fingerprint density at radius 1 is 0.767 bits per heavy atom. The van der Waals surface area contributed by atoms with Gasteiger partial charge in [-0.2, -0.15) is 0 Å². The quantitative estimate of drug-likeness (QED) is 0.0471. The highest BCUT2D eigenvalue weighted by Gasteiger charge is 2.32. The van der Waals surface area contributed by atoms with Gasteiger partial charge in [0.15, 0.2) is 0 Å². The van der Waals surface area contributed by atoms with Crippen LogP contribution in [-0.4, -0.2) is 112 Å². The molecule has 18 heteroatoms. The number of pyridine rings is 1. The number of hydroxylamine groups is 2. The summed E-state index contributed by atoms with van der Waals surface area (Å²) in [5, 5.41) is 4.20. The van der Waals surface area contributed by atoms with E-state index in [2.05, 4.69) is 10.3 Å². The Balaban J connectivity index is 1.21. The molecule has 0 aromatic carbocycles. The van der Waals surface area contributed by atoms with Crippen molar-refractivity contribution in [2.45, 2.75) is 30.7 Å². The standard InChI is InChI=1S/C25H37N3O13S2/c29-21(7-20-42-43-22-3-1-2-8-27-22)26-9-11-34-13-15-36-38-17-19-40-39-18-16-37-35-14-12-33-10-6-25(32)41-28-23(30)4-5-24(28)31/h1-3,8H,4-7,9-20H2,(H,26,29). The number of rotatable bonds is 27. The number of hydrogen-bond acceptors (Lipinski definition) is 16. The van der Waals surface area contributed by atoms with Crippen LogP contribution in [0.15, 0.2) is 29.4 Å². The largest absolute Gasteiger partial charge is 0.378 e. The van der Waals surface area contributed by atoms with Crippen LogP contribution in [0.4, 0.5) is 0 Å². The van der Waals surface area contributed by atoms with Crippen LogP contribution < -0.4 is 5.32 Å². The van der Waals surface area contributed by atoms with Crippen molar-refractivity contribution in [1.29, 1.82) is 0 Å². The number of aromatic nitrogens is 1. The molecule has 3 amide bonds. The molecular formula is C25H37N3O13S2. The lowest BCUT2D eigenvalue weighted by atomic mass is 10.4. The van der Waals surface area contributed by atoms with Crippen LogP contribution in [0.1, 0.15) is 25.7 Å². The Kier molecular flexibility index (Phi) is 21.4. The van der Waals surface area contributed by atoms with Crippen LogP contribution in [-0.2, 0) is 62.8 Å². The van der Waals surface area contributed by atoms with Gasteiger partial charge in [0, 0.05) is 37.8 Å². The minimum atomic E-state index is -0.739. The zero-order valence-corrected chi connectivity index (χ0v) is 25.3. The lowest BCUT2D eigenvalue weighted by molar-refractivity contribution is -0.360. The molecule has 0 bridgehead atoms. The van der Waals surface area contributed by atoms with Crippen LogP contribution in [0.25, 0.3) is 0 Å². The number of nitrogens with one attached hydrogen (secondary N) is 1. The van der Waals surface area contributed by atoms with E-state index in [9.17, 15) is 19.2 Å². The van der Waals surface area contributed by atoms with Gasteiger partial charge in [-0.15, -0.1) is 5.06 Å². The van der Waals surface area contributed by atoms with E-state index in [0.717, 1.165) is 5.03 Å². The highest BCUT2D eigenvalue weighted by molar-refractivity contribution is 8.76. The number of hydrogen-bond donors (Lipinski definition) is 1. The van der Waals surface area contributed by atoms with Gasteiger partial charge < -0.3 is 19.6 Å². The average molecular weight is 652 g/mol. The molecule has 1 fully saturated rings. The molecule has 0 unspecified atom stereocenters. The molecule has 43 heavy (non-hydrogen) atoms. The number of amides is 3. The maximum atomic E-state index is 11.8. The predicted molar refractivity (Wildman–Crippen MR) is 149 cm³/mol. The SMILES string of the molecule is O=C(CCSSc1ccccn1)NCCOCCOOCCOOCCOOCCOCCC(=O)ON1C(=O)CCC1=O. The molecule has 0 aliphatic carbocycles. The molecule has 2 heterocycles. The summed E-state index contributed by atoms with van der Waals surface area (Å²) in [4.78, 5) is 84.4. The Morgan fingerprint density at radius 3 is 1.93 bits per heavy atom. The first-order valence-corrected chi connectivity index (χ1v) is 15.8. The fourth-order valence-electron chi connectivity index (χ4n) is 2.82. The smallest absolute Gasteiger partial charge is 0.335 e. The third-order valence-corrected chi connectivity index (χ3v) is 7.05. The predicted octanol–water partition coefficient (Wildman–Crippen LogP) is 1.20. The first-order chi connectivity index (χ1) is 21.1. The first-order valence-electron chi connectivity index (χ1n) is 13.5. The van der Waals surface area contributed by atoms with Gasteiger partial charge >= 0.3 is 5.97 Å². The molecule has 2 rings (SSSR count). The summed E-state index contributed by atoms with van der Waals surface area (Å²) >= 11 is 0. The van der Waals surface area contributed by atoms with E-state index in [4.69, 9.17) is 43.6 Å². The second kappa shape index (κ2) is 25.0. The zero-order chi connectivity index (χ0) is 30.8. The number of carbonyl (C=O) groups excluding carboxylic acids is 4. The van der Waals surface area contributed by atoms with Crippen LogP contribution in [0.5, 0.6) is 0 Å². The second-order valence-corrected chi connectivity index (χ2v) is 10.6. The van der Waals surface area contributed by atoms with Crippen molar-refractivity contribution in [3.05, 3.63) is 24.4 Å². The minimum Gasteiger partial charge on any atom is -0.378 e. The molecule has 16 nitrogen and oxygen atoms in total. The lowest BCUT2D eigenvalue weighted by Gasteiger charge is -2.12. The molecule has 1 aliphatic rings. The first kappa shape index (κ1) is 36.8. The van der Waals surface area contributed by atoms with Crippen molar-refractivity contribution < 1.29 is 62.8 Å². The molecule has 242 valence electrons. The van der Waals surface area contributed by atoms with E-state index < -0.39 is 17.8 Å². The van der Waals surface area contributed by atoms with Crippen molar-refractivity contribution >= 4 is 45.3 Å². The Labute approximate surface area is 256 Å². The van der Waals surface area contributed by atoms with Gasteiger partial charge in [0.2, 0.25) is 5.91 Å². The van der Waals surface area contributed by atoms with Gasteiger partial charge in [0.25, 0.3) is 11.8 Å². The summed E-state index contributed by atoms with van der Waals surface area (Å²) in [6.07, 6.45) is 2.11. The van der Waals surface area contributed by atoms with Gasteiger partial charge in [0.1, 0.15) is 44.7 Å². The van der Waals surface area contributed by atoms with Crippen LogP contribution >= 0.6 is 21.6 Å². The van der Waals surface area contributed by atoms with E-state index in [1.807, 2.05) is 18.2 Å². The fourth-order valence-corrected chi connectivity index (χ4v) is 4.69. The maximum absolute atomic E-state index is 11.8. The summed E-state index contributed by atoms with van der Waals surface area (Å²) in [5.74, 6) is -1.15. The third kappa shape index (κ3) is 19.5. The van der Waals surface area contributed by atoms with Crippen molar-refractivity contribution in [1.82, 2.24) is 15.4 Å². The molecule has 1 aromatic rings. The zero-order valence-electron chi connectivity index (χ0n) is 23.6. The summed E-state index contributed by atoms with van der Waals surface area (Å²) < 4.78 is 10.5. The van der Waals surface area contributed by atoms with E-state index >= 15 is 0 Å². The molecule has 1 aliphatic heterocycles. The second-order valence-electron chi connectivity index (χ2n) is 8.12. The highest BCUT2D eigenvalue weighted by atomic mass is 33.1. The van der Waals surface area contributed by atoms with Gasteiger partial charge in [-0.1, -0.05) is 16.9 Å². The van der Waals surface area contributed by atoms with Crippen molar-refractivity contribution in [3.8, 4) is 0 Å². The van der Waals surface area contributed by atoms with Crippen LogP contribution in [0.3, 0.4) is 0 Å². The normalized spacial score (nSPS) is 13.1. The Hall–Kier alpha value is -2.39. The summed E-state index contributed by atoms with van der Waals surface area (Å²) in [5.41, 5.74) is 0. The highest BCUT2D eigenvalue weighted by Crippen LogP contribution is 2.29. The molecule has 0 spiro atoms. The monoisotopic (exact) mass is 651 g/mol. The molecule has 0 saturated carbocycles. The Bertz CT molecular complexity index is 917. The van der Waals surface area contributed by atoms with Gasteiger partial charge in [0.05, 0.1) is 32.8 Å². The summed E-state index contributed by atoms with van der Waals surface area (Å²) in [6, 6.07) is 5.71. The third-order valence-electron chi connectivity index (χ3n) is 4.78. The minimum absolute atomic E-state index is 0.0296. The van der Waals surface area contributed by atoms with Crippen molar-refractivity contribution in [2.24, 2.45) is 0 Å². The number of carbonyl (C=O) groups is 4. The van der Waals surface area contributed by atoms with E-state index in [1.54, 1.807) is 27.8 Å². The van der Waals surface area contributed by atoms with Gasteiger partial charge in [-0.05, 0) is 22.9 Å². The van der Waals surface area contributed by atoms with E-state index in [-0.39, 0.29) is 78.0 Å². The maximum Gasteiger partial charge on any atom is 0.335 e. The molecule has 0 radical (unpaired) electrons. The molecular weight excluding hydrogens is 614 g/mol. The van der Waals surface area contributed by atoms with Gasteiger partial charge in [-0.3, -0.25) is 14.4 Å². The summed E-state index contributed by atoms with van der Waals surface area (Å²) in [7, 11) is 3.13. The number of ether oxygens (including phenoxy) is 2. The van der Waals surface area contributed by atoms with Crippen molar-refractivity contribution in [3.63, 3.8) is 0 Å². The van der Waals surface area contributed by atoms with E-state index in [0.29, 0.717) is 37.0 Å². The molecule has 1 aromatic heterocycles. The molecule has 1 saturated heterocycles. The molecule has 1 N–H and O–H groups in total. The fraction of sp³-hybridized carbons (Fsp3) is 0.640. The summed E-state index contributed by atoms with van der Waals surface area (Å²) in [6.45, 7) is 2.06. The van der Waals surface area contributed by atoms with Crippen LogP contribution in [0, 0.1) is 0 Å². The average Bonchev–Trinajstić information content (AvgIpc) is 3.32. The lowest BCUT2D eigenvalue weighted by Crippen LogP contribution is -2.32. The number of imide groups is 1. The molecule has 0 atom stereocenters. The number of nitrogens with zero attached hydrogens (tertiary/aromatic N) is 2. The van der Waals surface area contributed by atoms with E-state index in [1.165, 1.54) is 0 Å². The van der Waals surface area contributed by atoms with Crippen molar-refractivity contribution in [2.75, 3.05) is 78.4 Å².